The fraction of sp³-hybridized carbons (Fsp3) is 0.300. The molecule has 0 unspecified atom stereocenters. The Morgan fingerprint density at radius 2 is 1.96 bits per heavy atom. The number of aromatic amines is 1. The van der Waals surface area contributed by atoms with Crippen molar-refractivity contribution in [3.05, 3.63) is 59.8 Å². The lowest BCUT2D eigenvalue weighted by Crippen LogP contribution is -2.27. The Morgan fingerprint density at radius 3 is 2.78 bits per heavy atom. The number of H-pyrrole nitrogens is 1. The van der Waals surface area contributed by atoms with Crippen LogP contribution in [0.3, 0.4) is 0 Å². The molecule has 0 amide bonds. The van der Waals surface area contributed by atoms with Gasteiger partial charge in [-0.1, -0.05) is 36.4 Å². The van der Waals surface area contributed by atoms with E-state index in [1.165, 1.54) is 39.7 Å². The van der Waals surface area contributed by atoms with Gasteiger partial charge < -0.3 is 15.4 Å². The zero-order valence-corrected chi connectivity index (χ0v) is 13.2. The molecule has 0 radical (unpaired) electrons. The molecule has 0 saturated heterocycles. The molecule has 118 valence electrons. The van der Waals surface area contributed by atoms with E-state index in [1.807, 2.05) is 0 Å². The lowest BCUT2D eigenvalue weighted by atomic mass is 9.91. The summed E-state index contributed by atoms with van der Waals surface area (Å²) in [5.41, 5.74) is 6.50. The van der Waals surface area contributed by atoms with Crippen molar-refractivity contribution in [3.63, 3.8) is 0 Å². The van der Waals surface area contributed by atoms with E-state index >= 15 is 0 Å². The molecular weight excluding hydrogens is 284 g/mol. The molecule has 0 fully saturated rings. The standard InChI is InChI=1S/C20H22N2O/c23-12-11-21-19-8-4-7-16-17-13-15(14-5-2-1-3-6-14)9-10-18(17)22-20(16)19/h1-3,5-6,9-10,13,19,21-23H,4,7-8,11-12H2/t19-/m0/s1. The van der Waals surface area contributed by atoms with Crippen LogP contribution in [0.1, 0.15) is 30.1 Å². The van der Waals surface area contributed by atoms with Crippen molar-refractivity contribution in [2.24, 2.45) is 0 Å². The highest BCUT2D eigenvalue weighted by Gasteiger charge is 2.23. The molecule has 1 aromatic heterocycles. The van der Waals surface area contributed by atoms with E-state index in [0.717, 1.165) is 12.8 Å². The van der Waals surface area contributed by atoms with Crippen molar-refractivity contribution in [2.45, 2.75) is 25.3 Å². The minimum Gasteiger partial charge on any atom is -0.395 e. The summed E-state index contributed by atoms with van der Waals surface area (Å²) >= 11 is 0. The molecule has 1 aliphatic carbocycles. The first-order valence-electron chi connectivity index (χ1n) is 8.41. The van der Waals surface area contributed by atoms with Crippen LogP contribution in [0.25, 0.3) is 22.0 Å². The van der Waals surface area contributed by atoms with Crippen molar-refractivity contribution in [1.82, 2.24) is 10.3 Å². The molecule has 0 spiro atoms. The molecule has 3 N–H and O–H groups in total. The number of benzene rings is 2. The average Bonchev–Trinajstić information content (AvgIpc) is 2.99. The lowest BCUT2D eigenvalue weighted by Gasteiger charge is -2.23. The molecule has 3 nitrogen and oxygen atoms in total. The van der Waals surface area contributed by atoms with E-state index in [2.05, 4.69) is 58.8 Å². The molecule has 1 aliphatic rings. The maximum Gasteiger partial charge on any atom is 0.0556 e. The number of fused-ring (bicyclic) bond motifs is 3. The van der Waals surface area contributed by atoms with E-state index in [9.17, 15) is 0 Å². The summed E-state index contributed by atoms with van der Waals surface area (Å²) in [6.45, 7) is 0.832. The highest BCUT2D eigenvalue weighted by molar-refractivity contribution is 5.89. The molecular formula is C20H22N2O. The largest absolute Gasteiger partial charge is 0.395 e. The van der Waals surface area contributed by atoms with E-state index in [4.69, 9.17) is 5.11 Å². The van der Waals surface area contributed by atoms with Crippen molar-refractivity contribution < 1.29 is 5.11 Å². The SMILES string of the molecule is OCCN[C@H]1CCCc2c1[nH]c1ccc(-c3ccccc3)cc21. The summed E-state index contributed by atoms with van der Waals surface area (Å²) < 4.78 is 0. The van der Waals surface area contributed by atoms with Crippen LogP contribution in [-0.4, -0.2) is 23.2 Å². The summed E-state index contributed by atoms with van der Waals surface area (Å²) in [5.74, 6) is 0. The Bertz CT molecular complexity index is 807. The average molecular weight is 306 g/mol. The van der Waals surface area contributed by atoms with Crippen molar-refractivity contribution in [1.29, 1.82) is 0 Å². The van der Waals surface area contributed by atoms with Gasteiger partial charge in [-0.05, 0) is 48.1 Å². The van der Waals surface area contributed by atoms with E-state index in [-0.39, 0.29) is 6.61 Å². The van der Waals surface area contributed by atoms with Gasteiger partial charge in [0.15, 0.2) is 0 Å². The maximum atomic E-state index is 9.07. The van der Waals surface area contributed by atoms with Gasteiger partial charge in [-0.15, -0.1) is 0 Å². The summed E-state index contributed by atoms with van der Waals surface area (Å²) in [4.78, 5) is 3.61. The van der Waals surface area contributed by atoms with Gasteiger partial charge in [0.05, 0.1) is 6.61 Å². The first-order chi connectivity index (χ1) is 11.4. The predicted octanol–water partition coefficient (Wildman–Crippen LogP) is 3.79. The Kier molecular flexibility index (Phi) is 3.90. The van der Waals surface area contributed by atoms with E-state index in [0.29, 0.717) is 12.6 Å². The van der Waals surface area contributed by atoms with Gasteiger partial charge in [0.25, 0.3) is 0 Å². The summed E-state index contributed by atoms with van der Waals surface area (Å²) in [5, 5.41) is 13.9. The topological polar surface area (TPSA) is 48.0 Å². The third-order valence-electron chi connectivity index (χ3n) is 4.82. The second-order valence-electron chi connectivity index (χ2n) is 6.27. The maximum absolute atomic E-state index is 9.07. The van der Waals surface area contributed by atoms with Crippen LogP contribution < -0.4 is 5.32 Å². The number of aromatic nitrogens is 1. The van der Waals surface area contributed by atoms with Gasteiger partial charge in [0, 0.05) is 29.2 Å². The minimum atomic E-state index is 0.185. The monoisotopic (exact) mass is 306 g/mol. The fourth-order valence-electron chi connectivity index (χ4n) is 3.72. The number of nitrogens with one attached hydrogen (secondary N) is 2. The van der Waals surface area contributed by atoms with Crippen LogP contribution in [0, 0.1) is 0 Å². The molecule has 0 aliphatic heterocycles. The number of aryl methyl sites for hydroxylation is 1. The third kappa shape index (κ3) is 2.67. The number of aliphatic hydroxyl groups excluding tert-OH is 1. The van der Waals surface area contributed by atoms with Crippen LogP contribution in [-0.2, 0) is 6.42 Å². The van der Waals surface area contributed by atoms with Gasteiger partial charge in [0.2, 0.25) is 0 Å². The molecule has 2 aromatic carbocycles. The molecule has 0 saturated carbocycles. The van der Waals surface area contributed by atoms with Crippen LogP contribution in [0.2, 0.25) is 0 Å². The summed E-state index contributed by atoms with van der Waals surface area (Å²) in [6.07, 6.45) is 3.45. The minimum absolute atomic E-state index is 0.185. The second-order valence-corrected chi connectivity index (χ2v) is 6.27. The third-order valence-corrected chi connectivity index (χ3v) is 4.82. The fourth-order valence-corrected chi connectivity index (χ4v) is 3.72. The zero-order valence-electron chi connectivity index (χ0n) is 13.2. The zero-order chi connectivity index (χ0) is 15.6. The molecule has 1 heterocycles. The smallest absolute Gasteiger partial charge is 0.0556 e. The number of rotatable bonds is 4. The Labute approximate surface area is 136 Å². The van der Waals surface area contributed by atoms with Crippen LogP contribution in [0.5, 0.6) is 0 Å². The van der Waals surface area contributed by atoms with Gasteiger partial charge in [-0.2, -0.15) is 0 Å². The number of hydrogen-bond acceptors (Lipinski definition) is 2. The van der Waals surface area contributed by atoms with Gasteiger partial charge in [0.1, 0.15) is 0 Å². The molecule has 23 heavy (non-hydrogen) atoms. The van der Waals surface area contributed by atoms with E-state index < -0.39 is 0 Å². The normalized spacial score (nSPS) is 17.3. The summed E-state index contributed by atoms with van der Waals surface area (Å²) in [6, 6.07) is 17.6. The first-order valence-corrected chi connectivity index (χ1v) is 8.41. The van der Waals surface area contributed by atoms with Crippen LogP contribution in [0.15, 0.2) is 48.5 Å². The molecule has 0 bridgehead atoms. The molecule has 3 heteroatoms. The Morgan fingerprint density at radius 1 is 1.09 bits per heavy atom. The van der Waals surface area contributed by atoms with Gasteiger partial charge >= 0.3 is 0 Å². The quantitative estimate of drug-likeness (QED) is 0.687. The van der Waals surface area contributed by atoms with Gasteiger partial charge in [-0.3, -0.25) is 0 Å². The van der Waals surface area contributed by atoms with Crippen LogP contribution >= 0.6 is 0 Å². The molecule has 1 atom stereocenters. The molecule has 3 aromatic rings. The Hall–Kier alpha value is -2.10. The molecule has 4 rings (SSSR count). The highest BCUT2D eigenvalue weighted by Crippen LogP contribution is 2.36. The van der Waals surface area contributed by atoms with Crippen molar-refractivity contribution >= 4 is 10.9 Å². The number of hydrogen-bond donors (Lipinski definition) is 3. The van der Waals surface area contributed by atoms with Crippen molar-refractivity contribution in [2.75, 3.05) is 13.2 Å². The lowest BCUT2D eigenvalue weighted by molar-refractivity contribution is 0.280. The first kappa shape index (κ1) is 14.5. The second kappa shape index (κ2) is 6.19. The number of aliphatic hydroxyl groups is 1. The summed E-state index contributed by atoms with van der Waals surface area (Å²) in [7, 11) is 0. The predicted molar refractivity (Wildman–Crippen MR) is 94.5 cm³/mol. The van der Waals surface area contributed by atoms with E-state index in [1.54, 1.807) is 0 Å². The Balaban J connectivity index is 1.77. The highest BCUT2D eigenvalue weighted by atomic mass is 16.3. The van der Waals surface area contributed by atoms with Crippen LogP contribution in [0.4, 0.5) is 0 Å². The van der Waals surface area contributed by atoms with Gasteiger partial charge in [-0.25, -0.2) is 0 Å². The van der Waals surface area contributed by atoms with Crippen molar-refractivity contribution in [3.8, 4) is 11.1 Å².